The molecule has 0 bridgehead atoms. The van der Waals surface area contributed by atoms with Gasteiger partial charge in [0.05, 0.1) is 11.1 Å². The van der Waals surface area contributed by atoms with Gasteiger partial charge in [0.1, 0.15) is 0 Å². The van der Waals surface area contributed by atoms with Crippen LogP contribution in [-0.2, 0) is 0 Å². The van der Waals surface area contributed by atoms with Crippen molar-refractivity contribution in [3.8, 4) is 0 Å². The van der Waals surface area contributed by atoms with Crippen LogP contribution in [0.1, 0.15) is 22.5 Å². The first-order valence-corrected chi connectivity index (χ1v) is 7.55. The first kappa shape index (κ1) is 14.0. The largest absolute Gasteiger partial charge is 0.388 e. The molecule has 0 radical (unpaired) electrons. The molecule has 5 heteroatoms. The Balaban J connectivity index is 2.35. The van der Waals surface area contributed by atoms with Gasteiger partial charge in [-0.25, -0.2) is 0 Å². The molecule has 0 spiro atoms. The molecular weight excluding hydrogens is 334 g/mol. The molecule has 2 atom stereocenters. The Hall–Kier alpha value is -0.390. The lowest BCUT2D eigenvalue weighted by molar-refractivity contribution is 0.149. The minimum absolute atomic E-state index is 0.128. The maximum absolute atomic E-state index is 10.5. The molecule has 0 aliphatic rings. The second-order valence-electron chi connectivity index (χ2n) is 3.95. The fourth-order valence-electron chi connectivity index (χ4n) is 1.87. The van der Waals surface area contributed by atoms with Gasteiger partial charge in [0.2, 0.25) is 0 Å². The van der Waals surface area contributed by atoms with Crippen molar-refractivity contribution in [3.63, 3.8) is 0 Å². The van der Waals surface area contributed by atoms with E-state index in [1.807, 2.05) is 35.7 Å². The highest BCUT2D eigenvalue weighted by Gasteiger charge is 2.24. The predicted molar refractivity (Wildman–Crippen MR) is 80.2 cm³/mol. The van der Waals surface area contributed by atoms with Gasteiger partial charge in [0.15, 0.2) is 0 Å². The van der Waals surface area contributed by atoms with E-state index in [2.05, 4.69) is 15.9 Å². The van der Waals surface area contributed by atoms with Crippen LogP contribution in [0, 0.1) is 0 Å². The predicted octanol–water partition coefficient (Wildman–Crippen LogP) is 3.94. The molecule has 0 aliphatic carbocycles. The molecule has 96 valence electrons. The third kappa shape index (κ3) is 2.78. The fraction of sp³-hybridized carbons (Fsp3) is 0.231. The zero-order chi connectivity index (χ0) is 13.1. The molecule has 0 saturated carbocycles. The molecule has 0 amide bonds. The van der Waals surface area contributed by atoms with E-state index in [1.54, 1.807) is 11.3 Å². The van der Waals surface area contributed by atoms with E-state index in [9.17, 15) is 5.11 Å². The van der Waals surface area contributed by atoms with Crippen molar-refractivity contribution in [2.24, 2.45) is 5.73 Å². The average Bonchev–Trinajstić information content (AvgIpc) is 2.87. The summed E-state index contributed by atoms with van der Waals surface area (Å²) in [4.78, 5) is 1.07. The summed E-state index contributed by atoms with van der Waals surface area (Å²) in [5.41, 5.74) is 6.49. The Morgan fingerprint density at radius 2 is 2.11 bits per heavy atom. The Morgan fingerprint density at radius 3 is 2.72 bits per heavy atom. The lowest BCUT2D eigenvalue weighted by Crippen LogP contribution is -2.19. The summed E-state index contributed by atoms with van der Waals surface area (Å²) in [5.74, 6) is -0.128. The van der Waals surface area contributed by atoms with Gasteiger partial charge >= 0.3 is 0 Å². The van der Waals surface area contributed by atoms with Crippen LogP contribution < -0.4 is 5.73 Å². The van der Waals surface area contributed by atoms with Crippen molar-refractivity contribution >= 4 is 38.9 Å². The number of aliphatic hydroxyl groups excluding tert-OH is 1. The minimum atomic E-state index is -0.696. The van der Waals surface area contributed by atoms with Gasteiger partial charge in [-0.05, 0) is 33.4 Å². The topological polar surface area (TPSA) is 46.2 Å². The van der Waals surface area contributed by atoms with Gasteiger partial charge < -0.3 is 10.8 Å². The maximum Gasteiger partial charge on any atom is 0.0893 e. The highest BCUT2D eigenvalue weighted by atomic mass is 79.9. The van der Waals surface area contributed by atoms with E-state index in [4.69, 9.17) is 17.3 Å². The van der Waals surface area contributed by atoms with Crippen LogP contribution in [0.15, 0.2) is 40.2 Å². The van der Waals surface area contributed by atoms with Crippen molar-refractivity contribution in [1.29, 1.82) is 0 Å². The molecule has 2 aromatic rings. The number of rotatable bonds is 4. The number of hydrogen-bond acceptors (Lipinski definition) is 3. The zero-order valence-electron chi connectivity index (χ0n) is 9.51. The second-order valence-corrected chi connectivity index (χ2v) is 6.16. The molecule has 0 aliphatic heterocycles. The minimum Gasteiger partial charge on any atom is -0.388 e. The first-order chi connectivity index (χ1) is 8.65. The fourth-order valence-corrected chi connectivity index (χ4v) is 3.36. The van der Waals surface area contributed by atoms with Crippen molar-refractivity contribution < 1.29 is 5.11 Å². The lowest BCUT2D eigenvalue weighted by atomic mass is 9.94. The highest BCUT2D eigenvalue weighted by Crippen LogP contribution is 2.38. The molecule has 1 aromatic carbocycles. The summed E-state index contributed by atoms with van der Waals surface area (Å²) < 4.78 is 0.780. The number of benzene rings is 1. The molecule has 2 nitrogen and oxygen atoms in total. The van der Waals surface area contributed by atoms with Crippen molar-refractivity contribution in [3.05, 3.63) is 55.6 Å². The highest BCUT2D eigenvalue weighted by molar-refractivity contribution is 9.10. The Labute approximate surface area is 124 Å². The van der Waals surface area contributed by atoms with E-state index in [0.717, 1.165) is 9.35 Å². The van der Waals surface area contributed by atoms with E-state index in [1.165, 1.54) is 0 Å². The molecule has 1 aromatic heterocycles. The van der Waals surface area contributed by atoms with Crippen LogP contribution >= 0.6 is 38.9 Å². The summed E-state index contributed by atoms with van der Waals surface area (Å²) in [7, 11) is 0. The van der Waals surface area contributed by atoms with Crippen molar-refractivity contribution in [2.75, 3.05) is 6.54 Å². The monoisotopic (exact) mass is 345 g/mol. The molecule has 0 saturated heterocycles. The van der Waals surface area contributed by atoms with Crippen LogP contribution in [0.5, 0.6) is 0 Å². The SMILES string of the molecule is NCC(c1cccs1)C(O)c1cccc(Br)c1Cl. The van der Waals surface area contributed by atoms with Crippen molar-refractivity contribution in [2.45, 2.75) is 12.0 Å². The van der Waals surface area contributed by atoms with Gasteiger partial charge in [0.25, 0.3) is 0 Å². The molecule has 1 heterocycles. The molecule has 2 rings (SSSR count). The van der Waals surface area contributed by atoms with Crippen molar-refractivity contribution in [1.82, 2.24) is 0 Å². The quantitative estimate of drug-likeness (QED) is 0.881. The zero-order valence-corrected chi connectivity index (χ0v) is 12.7. The van der Waals surface area contributed by atoms with E-state index in [-0.39, 0.29) is 5.92 Å². The van der Waals surface area contributed by atoms with Gasteiger partial charge in [-0.1, -0.05) is 29.8 Å². The van der Waals surface area contributed by atoms with Gasteiger partial charge in [-0.15, -0.1) is 11.3 Å². The summed E-state index contributed by atoms with van der Waals surface area (Å²) in [6.07, 6.45) is -0.696. The van der Waals surface area contributed by atoms with Crippen LogP contribution in [0.4, 0.5) is 0 Å². The normalized spacial score (nSPS) is 14.4. The second kappa shape index (κ2) is 6.17. The standard InChI is InChI=1S/C13H13BrClNOS/c14-10-4-1-3-8(12(10)15)13(17)9(7-16)11-5-2-6-18-11/h1-6,9,13,17H,7,16H2. The maximum atomic E-state index is 10.5. The molecular formula is C13H13BrClNOS. The lowest BCUT2D eigenvalue weighted by Gasteiger charge is -2.22. The first-order valence-electron chi connectivity index (χ1n) is 5.50. The van der Waals surface area contributed by atoms with Crippen LogP contribution in [-0.4, -0.2) is 11.7 Å². The van der Waals surface area contributed by atoms with Crippen LogP contribution in [0.25, 0.3) is 0 Å². The number of nitrogens with two attached hydrogens (primary N) is 1. The van der Waals surface area contributed by atoms with E-state index >= 15 is 0 Å². The van der Waals surface area contributed by atoms with Crippen LogP contribution in [0.3, 0.4) is 0 Å². The number of halogens is 2. The summed E-state index contributed by atoms with van der Waals surface area (Å²) in [6.45, 7) is 0.379. The van der Waals surface area contributed by atoms with E-state index < -0.39 is 6.10 Å². The molecule has 0 fully saturated rings. The Kier molecular flexibility index (Phi) is 4.81. The van der Waals surface area contributed by atoms with E-state index in [0.29, 0.717) is 17.1 Å². The number of aliphatic hydroxyl groups is 1. The summed E-state index contributed by atoms with van der Waals surface area (Å²) in [5, 5.41) is 13.0. The Bertz CT molecular complexity index is 518. The van der Waals surface area contributed by atoms with Crippen LogP contribution in [0.2, 0.25) is 5.02 Å². The number of hydrogen-bond donors (Lipinski definition) is 2. The molecule has 3 N–H and O–H groups in total. The summed E-state index contributed by atoms with van der Waals surface area (Å²) >= 11 is 11.2. The molecule has 18 heavy (non-hydrogen) atoms. The third-order valence-electron chi connectivity index (χ3n) is 2.84. The van der Waals surface area contributed by atoms with Gasteiger partial charge in [-0.2, -0.15) is 0 Å². The molecule has 2 unspecified atom stereocenters. The van der Waals surface area contributed by atoms with Gasteiger partial charge in [0, 0.05) is 27.4 Å². The smallest absolute Gasteiger partial charge is 0.0893 e. The third-order valence-corrected chi connectivity index (χ3v) is 5.16. The van der Waals surface area contributed by atoms with Gasteiger partial charge in [-0.3, -0.25) is 0 Å². The average molecular weight is 347 g/mol. The Morgan fingerprint density at radius 1 is 1.33 bits per heavy atom. The summed E-state index contributed by atoms with van der Waals surface area (Å²) in [6, 6.07) is 9.47. The number of thiophene rings is 1.